The van der Waals surface area contributed by atoms with Gasteiger partial charge in [-0.3, -0.25) is 9.59 Å². The number of ether oxygens (including phenoxy) is 1. The second-order valence-corrected chi connectivity index (χ2v) is 6.66. The van der Waals surface area contributed by atoms with Crippen LogP contribution in [0.1, 0.15) is 44.6 Å². The Balaban J connectivity index is 1.97. The van der Waals surface area contributed by atoms with E-state index in [4.69, 9.17) is 16.3 Å². The van der Waals surface area contributed by atoms with Crippen molar-refractivity contribution in [2.75, 3.05) is 19.0 Å². The van der Waals surface area contributed by atoms with E-state index in [1.54, 1.807) is 19.1 Å². The molecule has 2 amide bonds. The third kappa shape index (κ3) is 4.63. The van der Waals surface area contributed by atoms with Crippen LogP contribution in [0.5, 0.6) is 5.75 Å². The van der Waals surface area contributed by atoms with Crippen LogP contribution in [0.25, 0.3) is 0 Å². The molecule has 0 aromatic heterocycles. The third-order valence-electron chi connectivity index (χ3n) is 4.50. The zero-order valence-corrected chi connectivity index (χ0v) is 15.3. The molecule has 5 nitrogen and oxygen atoms in total. The van der Waals surface area contributed by atoms with Crippen molar-refractivity contribution in [2.24, 2.45) is 0 Å². The number of anilines is 1. The maximum atomic E-state index is 12.3. The number of benzene rings is 1. The topological polar surface area (TPSA) is 58.6 Å². The minimum atomic E-state index is -0.140. The van der Waals surface area contributed by atoms with Gasteiger partial charge in [0.2, 0.25) is 11.8 Å². The summed E-state index contributed by atoms with van der Waals surface area (Å²) in [5.74, 6) is 0.423. The summed E-state index contributed by atoms with van der Waals surface area (Å²) in [5, 5.41) is 3.45. The van der Waals surface area contributed by atoms with Crippen LogP contribution >= 0.6 is 11.6 Å². The van der Waals surface area contributed by atoms with Crippen LogP contribution in [0.2, 0.25) is 5.02 Å². The second kappa shape index (κ2) is 8.38. The summed E-state index contributed by atoms with van der Waals surface area (Å²) < 4.78 is 5.26. The number of hydrogen-bond donors (Lipinski definition) is 1. The van der Waals surface area contributed by atoms with Gasteiger partial charge in [0.15, 0.2) is 0 Å². The number of methoxy groups -OCH3 is 1. The first-order valence-electron chi connectivity index (χ1n) is 8.33. The first kappa shape index (κ1) is 18.6. The fourth-order valence-corrected chi connectivity index (χ4v) is 3.33. The number of carbonyl (C=O) groups excluding carboxylic acids is 2. The van der Waals surface area contributed by atoms with Crippen molar-refractivity contribution >= 4 is 29.1 Å². The summed E-state index contributed by atoms with van der Waals surface area (Å²) in [4.78, 5) is 26.0. The molecule has 0 unspecified atom stereocenters. The largest absolute Gasteiger partial charge is 0.495 e. The van der Waals surface area contributed by atoms with Gasteiger partial charge in [0.05, 0.1) is 12.8 Å². The van der Waals surface area contributed by atoms with Crippen molar-refractivity contribution in [2.45, 2.75) is 52.0 Å². The van der Waals surface area contributed by atoms with Crippen LogP contribution < -0.4 is 10.1 Å². The number of carbonyl (C=O) groups is 2. The van der Waals surface area contributed by atoms with E-state index in [0.717, 1.165) is 31.2 Å². The highest BCUT2D eigenvalue weighted by Gasteiger charge is 2.24. The Morgan fingerprint density at radius 2 is 2.00 bits per heavy atom. The molecule has 0 bridgehead atoms. The van der Waals surface area contributed by atoms with E-state index >= 15 is 0 Å². The van der Waals surface area contributed by atoms with Crippen molar-refractivity contribution in [1.82, 2.24) is 4.90 Å². The third-order valence-corrected chi connectivity index (χ3v) is 4.91. The molecule has 24 heavy (non-hydrogen) atoms. The van der Waals surface area contributed by atoms with Crippen molar-refractivity contribution in [3.05, 3.63) is 22.7 Å². The Morgan fingerprint density at radius 1 is 1.33 bits per heavy atom. The molecular formula is C18H25ClN2O3. The molecule has 0 saturated heterocycles. The first-order valence-corrected chi connectivity index (χ1v) is 8.71. The summed E-state index contributed by atoms with van der Waals surface area (Å²) in [5.41, 5.74) is 1.46. The van der Waals surface area contributed by atoms with E-state index in [9.17, 15) is 9.59 Å². The van der Waals surface area contributed by atoms with Gasteiger partial charge in [0, 0.05) is 37.0 Å². The van der Waals surface area contributed by atoms with Crippen molar-refractivity contribution < 1.29 is 14.3 Å². The Morgan fingerprint density at radius 3 is 2.58 bits per heavy atom. The average Bonchev–Trinajstić information content (AvgIpc) is 3.04. The highest BCUT2D eigenvalue weighted by molar-refractivity contribution is 6.31. The van der Waals surface area contributed by atoms with Crippen LogP contribution in [0.4, 0.5) is 5.69 Å². The molecule has 1 aliphatic rings. The standard InChI is InChI=1S/C18H25ClN2O3/c1-12-10-16(17(24-3)11-15(12)19)20-18(23)8-9-21(13(2)22)14-6-4-5-7-14/h10-11,14H,4-9H2,1-3H3,(H,20,23). The van der Waals surface area contributed by atoms with E-state index in [2.05, 4.69) is 5.32 Å². The summed E-state index contributed by atoms with van der Waals surface area (Å²) in [7, 11) is 1.54. The monoisotopic (exact) mass is 352 g/mol. The summed E-state index contributed by atoms with van der Waals surface area (Å²) in [6.07, 6.45) is 4.64. The molecule has 1 aliphatic carbocycles. The predicted molar refractivity (Wildman–Crippen MR) is 95.6 cm³/mol. The molecular weight excluding hydrogens is 328 g/mol. The highest BCUT2D eigenvalue weighted by atomic mass is 35.5. The Bertz CT molecular complexity index is 613. The molecule has 0 heterocycles. The van der Waals surface area contributed by atoms with Crippen LogP contribution in [0.3, 0.4) is 0 Å². The normalized spacial score (nSPS) is 14.5. The smallest absolute Gasteiger partial charge is 0.226 e. The number of hydrogen-bond acceptors (Lipinski definition) is 3. The SMILES string of the molecule is COc1cc(Cl)c(C)cc1NC(=O)CCN(C(C)=O)C1CCCC1. The average molecular weight is 353 g/mol. The van der Waals surface area contributed by atoms with Gasteiger partial charge in [0.1, 0.15) is 5.75 Å². The molecule has 1 fully saturated rings. The number of nitrogens with one attached hydrogen (secondary N) is 1. The molecule has 1 N–H and O–H groups in total. The number of rotatable bonds is 6. The van der Waals surface area contributed by atoms with E-state index < -0.39 is 0 Å². The van der Waals surface area contributed by atoms with Gasteiger partial charge in [-0.05, 0) is 31.4 Å². The van der Waals surface area contributed by atoms with Crippen molar-refractivity contribution in [3.8, 4) is 5.75 Å². The Hall–Kier alpha value is -1.75. The van der Waals surface area contributed by atoms with Crippen LogP contribution in [-0.2, 0) is 9.59 Å². The van der Waals surface area contributed by atoms with Gasteiger partial charge in [-0.2, -0.15) is 0 Å². The van der Waals surface area contributed by atoms with Gasteiger partial charge in [0.25, 0.3) is 0 Å². The van der Waals surface area contributed by atoms with E-state index in [1.165, 1.54) is 7.11 Å². The minimum absolute atomic E-state index is 0.0367. The quantitative estimate of drug-likeness (QED) is 0.847. The summed E-state index contributed by atoms with van der Waals surface area (Å²) in [6.45, 7) is 3.89. The number of nitrogens with zero attached hydrogens (tertiary/aromatic N) is 1. The molecule has 0 aliphatic heterocycles. The van der Waals surface area contributed by atoms with E-state index in [0.29, 0.717) is 23.0 Å². The lowest BCUT2D eigenvalue weighted by atomic mass is 10.2. The van der Waals surface area contributed by atoms with Crippen molar-refractivity contribution in [1.29, 1.82) is 0 Å². The molecule has 0 atom stereocenters. The van der Waals surface area contributed by atoms with Gasteiger partial charge in [-0.1, -0.05) is 24.4 Å². The molecule has 6 heteroatoms. The highest BCUT2D eigenvalue weighted by Crippen LogP contribution is 2.31. The van der Waals surface area contributed by atoms with Gasteiger partial charge >= 0.3 is 0 Å². The van der Waals surface area contributed by atoms with Gasteiger partial charge in [-0.15, -0.1) is 0 Å². The molecule has 1 aromatic carbocycles. The van der Waals surface area contributed by atoms with Crippen LogP contribution in [-0.4, -0.2) is 36.4 Å². The Kier molecular flexibility index (Phi) is 6.49. The maximum Gasteiger partial charge on any atom is 0.226 e. The fourth-order valence-electron chi connectivity index (χ4n) is 3.18. The van der Waals surface area contributed by atoms with E-state index in [-0.39, 0.29) is 24.3 Å². The zero-order chi connectivity index (χ0) is 17.7. The molecule has 0 spiro atoms. The lowest BCUT2D eigenvalue weighted by Gasteiger charge is -2.27. The van der Waals surface area contributed by atoms with Gasteiger partial charge in [-0.25, -0.2) is 0 Å². The molecule has 0 radical (unpaired) electrons. The van der Waals surface area contributed by atoms with Gasteiger partial charge < -0.3 is 15.0 Å². The lowest BCUT2D eigenvalue weighted by Crippen LogP contribution is -2.39. The summed E-state index contributed by atoms with van der Waals surface area (Å²) in [6, 6.07) is 3.76. The van der Waals surface area contributed by atoms with Crippen LogP contribution in [0, 0.1) is 6.92 Å². The zero-order valence-electron chi connectivity index (χ0n) is 14.5. The fraction of sp³-hybridized carbons (Fsp3) is 0.556. The molecule has 1 saturated carbocycles. The predicted octanol–water partition coefficient (Wildman–Crippen LogP) is 3.78. The maximum absolute atomic E-state index is 12.3. The second-order valence-electron chi connectivity index (χ2n) is 6.25. The lowest BCUT2D eigenvalue weighted by molar-refractivity contribution is -0.131. The van der Waals surface area contributed by atoms with Crippen molar-refractivity contribution in [3.63, 3.8) is 0 Å². The molecule has 2 rings (SSSR count). The molecule has 1 aromatic rings. The minimum Gasteiger partial charge on any atom is -0.495 e. The molecule has 132 valence electrons. The first-order chi connectivity index (χ1) is 11.4. The summed E-state index contributed by atoms with van der Waals surface area (Å²) >= 11 is 6.07. The number of amides is 2. The number of aryl methyl sites for hydroxylation is 1. The van der Waals surface area contributed by atoms with E-state index in [1.807, 2.05) is 11.8 Å². The number of halogens is 1. The Labute approximate surface area is 148 Å². The van der Waals surface area contributed by atoms with Crippen LogP contribution in [0.15, 0.2) is 12.1 Å².